The summed E-state index contributed by atoms with van der Waals surface area (Å²) in [6.07, 6.45) is 6.41. The van der Waals surface area contributed by atoms with Gasteiger partial charge in [0, 0.05) is 23.5 Å². The molecule has 1 aliphatic heterocycles. The van der Waals surface area contributed by atoms with E-state index in [0.717, 1.165) is 35.4 Å². The Balaban J connectivity index is 1.56. The average Bonchev–Trinajstić information content (AvgIpc) is 2.83. The highest BCUT2D eigenvalue weighted by Crippen LogP contribution is 2.42. The average molecular weight is 467 g/mol. The minimum atomic E-state index is -0.110. The first-order valence-corrected chi connectivity index (χ1v) is 12.1. The number of carbonyl (C=O) groups is 2. The molecule has 6 nitrogen and oxygen atoms in total. The Morgan fingerprint density at radius 3 is 2.58 bits per heavy atom. The molecule has 0 aromatic heterocycles. The molecular formula is C26H30N2O4S. The van der Waals surface area contributed by atoms with Crippen LogP contribution in [0.15, 0.2) is 46.2 Å². The van der Waals surface area contributed by atoms with Crippen molar-refractivity contribution in [2.75, 3.05) is 26.2 Å². The van der Waals surface area contributed by atoms with Gasteiger partial charge in [0.25, 0.3) is 11.8 Å². The van der Waals surface area contributed by atoms with E-state index in [1.807, 2.05) is 42.5 Å². The van der Waals surface area contributed by atoms with Crippen LogP contribution in [0.3, 0.4) is 0 Å². The smallest absolute Gasteiger partial charge is 0.264 e. The van der Waals surface area contributed by atoms with Crippen molar-refractivity contribution in [3.05, 3.63) is 52.4 Å². The van der Waals surface area contributed by atoms with Gasteiger partial charge in [-0.15, -0.1) is 0 Å². The molecule has 33 heavy (non-hydrogen) atoms. The van der Waals surface area contributed by atoms with Gasteiger partial charge in [-0.1, -0.05) is 37.6 Å². The van der Waals surface area contributed by atoms with Crippen LogP contribution in [-0.4, -0.2) is 39.1 Å². The molecule has 2 amide bonds. The van der Waals surface area contributed by atoms with Crippen molar-refractivity contribution in [2.24, 2.45) is 5.92 Å². The topological polar surface area (TPSA) is 67.9 Å². The molecule has 1 aliphatic carbocycles. The van der Waals surface area contributed by atoms with Crippen LogP contribution in [-0.2, 0) is 4.79 Å². The summed E-state index contributed by atoms with van der Waals surface area (Å²) in [7, 11) is 4.92. The number of hydrogen-bond acceptors (Lipinski definition) is 5. The van der Waals surface area contributed by atoms with Crippen LogP contribution in [0.4, 0.5) is 5.69 Å². The molecule has 0 bridgehead atoms. The Hall–Kier alpha value is -2.93. The summed E-state index contributed by atoms with van der Waals surface area (Å²) in [5.74, 6) is 1.55. The van der Waals surface area contributed by atoms with Crippen molar-refractivity contribution in [3.63, 3.8) is 0 Å². The summed E-state index contributed by atoms with van der Waals surface area (Å²) in [6, 6.07) is 11.3. The molecule has 1 N–H and O–H groups in total. The molecule has 174 valence electrons. The van der Waals surface area contributed by atoms with Gasteiger partial charge in [-0.05, 0) is 60.7 Å². The highest BCUT2D eigenvalue weighted by molar-refractivity contribution is 8.04. The Labute approximate surface area is 199 Å². The third kappa shape index (κ3) is 4.88. The van der Waals surface area contributed by atoms with Crippen LogP contribution < -0.4 is 19.7 Å². The van der Waals surface area contributed by atoms with E-state index in [9.17, 15) is 9.59 Å². The van der Waals surface area contributed by atoms with Crippen LogP contribution in [0.1, 0.15) is 48.5 Å². The standard InChI is InChI=1S/C26H30N2O4S/c1-16-7-5-6-8-19(16)27-25(29)18-10-12-23-20(15-18)28(2)26(30)24(33-23)14-17-9-11-21(31-3)22(13-17)32-4/h9-16,19H,5-8H2,1-4H3,(H,27,29)/b24-14-/t16-,19-/m0/s1. The van der Waals surface area contributed by atoms with Gasteiger partial charge in [0.2, 0.25) is 0 Å². The van der Waals surface area contributed by atoms with Crippen molar-refractivity contribution < 1.29 is 19.1 Å². The minimum Gasteiger partial charge on any atom is -0.493 e. The molecule has 4 rings (SSSR count). The maximum atomic E-state index is 13.1. The Kier molecular flexibility index (Phi) is 6.98. The Bertz CT molecular complexity index is 1100. The monoisotopic (exact) mass is 466 g/mol. The second-order valence-corrected chi connectivity index (χ2v) is 9.70. The number of nitrogens with zero attached hydrogens (tertiary/aromatic N) is 1. The number of nitrogens with one attached hydrogen (secondary N) is 1. The second-order valence-electron chi connectivity index (χ2n) is 8.61. The number of rotatable bonds is 5. The van der Waals surface area contributed by atoms with E-state index in [2.05, 4.69) is 12.2 Å². The highest BCUT2D eigenvalue weighted by atomic mass is 32.2. The van der Waals surface area contributed by atoms with Crippen LogP contribution >= 0.6 is 11.8 Å². The number of anilines is 1. The van der Waals surface area contributed by atoms with Gasteiger partial charge in [0.05, 0.1) is 24.8 Å². The number of benzene rings is 2. The lowest BCUT2D eigenvalue weighted by Crippen LogP contribution is -2.41. The first-order valence-electron chi connectivity index (χ1n) is 11.3. The van der Waals surface area contributed by atoms with Crippen molar-refractivity contribution >= 4 is 35.3 Å². The molecular weight excluding hydrogens is 436 g/mol. The van der Waals surface area contributed by atoms with Gasteiger partial charge in [-0.3, -0.25) is 9.59 Å². The third-order valence-electron chi connectivity index (χ3n) is 6.45. The summed E-state index contributed by atoms with van der Waals surface area (Å²) in [4.78, 5) is 29.1. The number of methoxy groups -OCH3 is 2. The van der Waals surface area contributed by atoms with Gasteiger partial charge < -0.3 is 19.7 Å². The predicted octanol–water partition coefficient (Wildman–Crippen LogP) is 5.12. The zero-order valence-corrected chi connectivity index (χ0v) is 20.3. The SMILES string of the molecule is COc1ccc(/C=C2\Sc3ccc(C(=O)N[C@H]4CCCC[C@@H]4C)cc3N(C)C2=O)cc1OC. The van der Waals surface area contributed by atoms with Crippen molar-refractivity contribution in [3.8, 4) is 11.5 Å². The fourth-order valence-corrected chi connectivity index (χ4v) is 5.50. The second kappa shape index (κ2) is 9.91. The van der Waals surface area contributed by atoms with Gasteiger partial charge in [-0.2, -0.15) is 0 Å². The quantitative estimate of drug-likeness (QED) is 0.620. The molecule has 1 heterocycles. The number of thioether (sulfide) groups is 1. The summed E-state index contributed by atoms with van der Waals surface area (Å²) in [5, 5.41) is 3.20. The van der Waals surface area contributed by atoms with Crippen molar-refractivity contribution in [1.29, 1.82) is 0 Å². The highest BCUT2D eigenvalue weighted by Gasteiger charge is 2.28. The Morgan fingerprint density at radius 1 is 1.09 bits per heavy atom. The summed E-state index contributed by atoms with van der Waals surface area (Å²) < 4.78 is 10.7. The molecule has 0 unspecified atom stereocenters. The van der Waals surface area contributed by atoms with E-state index in [1.165, 1.54) is 18.2 Å². The summed E-state index contributed by atoms with van der Waals surface area (Å²) in [5.41, 5.74) is 2.18. The van der Waals surface area contributed by atoms with Gasteiger partial charge >= 0.3 is 0 Å². The Morgan fingerprint density at radius 2 is 1.85 bits per heavy atom. The van der Waals surface area contributed by atoms with Crippen molar-refractivity contribution in [1.82, 2.24) is 5.32 Å². The molecule has 0 spiro atoms. The van der Waals surface area contributed by atoms with Gasteiger partial charge in [0.15, 0.2) is 11.5 Å². The van der Waals surface area contributed by atoms with E-state index < -0.39 is 0 Å². The van der Waals surface area contributed by atoms with Crippen molar-refractivity contribution in [2.45, 2.75) is 43.5 Å². The summed E-state index contributed by atoms with van der Waals surface area (Å²) >= 11 is 1.41. The molecule has 0 saturated heterocycles. The van der Waals surface area contributed by atoms with E-state index in [4.69, 9.17) is 9.47 Å². The number of ether oxygens (including phenoxy) is 2. The first-order chi connectivity index (χ1) is 15.9. The number of carbonyl (C=O) groups excluding carboxylic acids is 2. The summed E-state index contributed by atoms with van der Waals surface area (Å²) in [6.45, 7) is 2.20. The minimum absolute atomic E-state index is 0.0749. The fourth-order valence-electron chi connectivity index (χ4n) is 4.41. The molecule has 0 radical (unpaired) electrons. The molecule has 2 aliphatic rings. The van der Waals surface area contributed by atoms with E-state index in [-0.39, 0.29) is 17.9 Å². The number of likely N-dealkylation sites (N-methyl/N-ethyl adjacent to an activating group) is 1. The molecule has 2 aromatic carbocycles. The van der Waals surface area contributed by atoms with Gasteiger partial charge in [-0.25, -0.2) is 0 Å². The molecule has 1 fully saturated rings. The maximum Gasteiger partial charge on any atom is 0.264 e. The third-order valence-corrected chi connectivity index (χ3v) is 7.53. The molecule has 2 atom stereocenters. The predicted molar refractivity (Wildman–Crippen MR) is 132 cm³/mol. The van der Waals surface area contributed by atoms with E-state index >= 15 is 0 Å². The maximum absolute atomic E-state index is 13.1. The number of hydrogen-bond donors (Lipinski definition) is 1. The normalized spacial score (nSPS) is 21.5. The fraction of sp³-hybridized carbons (Fsp3) is 0.385. The largest absolute Gasteiger partial charge is 0.493 e. The molecule has 7 heteroatoms. The van der Waals surface area contributed by atoms with Gasteiger partial charge in [0.1, 0.15) is 0 Å². The lowest BCUT2D eigenvalue weighted by Gasteiger charge is -2.30. The zero-order chi connectivity index (χ0) is 23.5. The lowest BCUT2D eigenvalue weighted by atomic mass is 9.86. The van der Waals surface area contributed by atoms with Crippen LogP contribution in [0.25, 0.3) is 6.08 Å². The first kappa shape index (κ1) is 23.2. The zero-order valence-electron chi connectivity index (χ0n) is 19.5. The van der Waals surface area contributed by atoms with Crippen LogP contribution in [0.2, 0.25) is 0 Å². The number of fused-ring (bicyclic) bond motifs is 1. The van der Waals surface area contributed by atoms with Crippen LogP contribution in [0, 0.1) is 5.92 Å². The number of amides is 2. The van der Waals surface area contributed by atoms with E-state index in [1.54, 1.807) is 26.2 Å². The lowest BCUT2D eigenvalue weighted by molar-refractivity contribution is -0.114. The van der Waals surface area contributed by atoms with E-state index in [0.29, 0.717) is 27.9 Å². The molecule has 2 aromatic rings. The van der Waals surface area contributed by atoms with Crippen LogP contribution in [0.5, 0.6) is 11.5 Å². The molecule has 1 saturated carbocycles.